The summed E-state index contributed by atoms with van der Waals surface area (Å²) in [6, 6.07) is 2.45. The van der Waals surface area contributed by atoms with Crippen LogP contribution in [0.1, 0.15) is 36.4 Å². The van der Waals surface area contributed by atoms with E-state index in [0.717, 1.165) is 5.56 Å². The molecule has 0 fully saturated rings. The van der Waals surface area contributed by atoms with Crippen LogP contribution < -0.4 is 9.47 Å². The minimum atomic E-state index is -4.44. The van der Waals surface area contributed by atoms with E-state index >= 15 is 0 Å². The lowest BCUT2D eigenvalue weighted by Gasteiger charge is -2.37. The second-order valence-electron chi connectivity index (χ2n) is 5.97. The first-order valence-electron chi connectivity index (χ1n) is 7.99. The standard InChI is InChI=1S/C17H20F3NO5/c1-25-13-7-10-4-6-21(15(22)3-5-17(18,19)20)12(9-16(23)24)11(10)8-14(13)26-2/h7-8,12H,3-6,9H2,1-2H3,(H,23,24). The Labute approximate surface area is 148 Å². The molecule has 0 aromatic heterocycles. The highest BCUT2D eigenvalue weighted by molar-refractivity contribution is 5.78. The fourth-order valence-electron chi connectivity index (χ4n) is 3.10. The van der Waals surface area contributed by atoms with E-state index in [1.165, 1.54) is 19.1 Å². The molecule has 1 aliphatic heterocycles. The van der Waals surface area contributed by atoms with E-state index in [1.54, 1.807) is 12.1 Å². The molecule has 26 heavy (non-hydrogen) atoms. The van der Waals surface area contributed by atoms with Crippen molar-refractivity contribution in [3.63, 3.8) is 0 Å². The number of carboxylic acids is 1. The Kier molecular flexibility index (Phi) is 5.99. The number of methoxy groups -OCH3 is 2. The molecule has 0 saturated carbocycles. The Morgan fingerprint density at radius 1 is 1.23 bits per heavy atom. The van der Waals surface area contributed by atoms with Crippen molar-refractivity contribution in [1.29, 1.82) is 0 Å². The summed E-state index contributed by atoms with van der Waals surface area (Å²) >= 11 is 0. The van der Waals surface area contributed by atoms with E-state index in [-0.39, 0.29) is 6.54 Å². The molecule has 1 aliphatic rings. The Balaban J connectivity index is 2.35. The van der Waals surface area contributed by atoms with Crippen molar-refractivity contribution < 1.29 is 37.3 Å². The van der Waals surface area contributed by atoms with Crippen molar-refractivity contribution in [1.82, 2.24) is 4.90 Å². The minimum absolute atomic E-state index is 0.150. The van der Waals surface area contributed by atoms with Gasteiger partial charge in [-0.1, -0.05) is 0 Å². The molecule has 1 amide bonds. The lowest BCUT2D eigenvalue weighted by molar-refractivity contribution is -0.152. The van der Waals surface area contributed by atoms with E-state index in [0.29, 0.717) is 23.5 Å². The molecule has 1 aromatic rings. The first-order valence-corrected chi connectivity index (χ1v) is 7.99. The number of ether oxygens (including phenoxy) is 2. The van der Waals surface area contributed by atoms with Crippen molar-refractivity contribution in [2.24, 2.45) is 0 Å². The number of carbonyl (C=O) groups is 2. The summed E-state index contributed by atoms with van der Waals surface area (Å²) in [5.41, 5.74) is 1.34. The topological polar surface area (TPSA) is 76.1 Å². The Morgan fingerprint density at radius 2 is 1.85 bits per heavy atom. The highest BCUT2D eigenvalue weighted by atomic mass is 19.4. The van der Waals surface area contributed by atoms with Crippen LogP contribution in [-0.4, -0.2) is 48.8 Å². The van der Waals surface area contributed by atoms with Crippen molar-refractivity contribution in [2.75, 3.05) is 20.8 Å². The van der Waals surface area contributed by atoms with Crippen molar-refractivity contribution in [3.05, 3.63) is 23.3 Å². The van der Waals surface area contributed by atoms with Crippen molar-refractivity contribution in [3.8, 4) is 11.5 Å². The van der Waals surface area contributed by atoms with Crippen LogP contribution in [-0.2, 0) is 16.0 Å². The Hall–Kier alpha value is -2.45. The number of nitrogens with zero attached hydrogens (tertiary/aromatic N) is 1. The molecule has 1 aromatic carbocycles. The van der Waals surface area contributed by atoms with Gasteiger partial charge in [-0.25, -0.2) is 0 Å². The maximum absolute atomic E-state index is 12.4. The van der Waals surface area contributed by atoms with Gasteiger partial charge in [0.2, 0.25) is 5.91 Å². The lowest BCUT2D eigenvalue weighted by atomic mass is 9.89. The maximum atomic E-state index is 12.4. The molecule has 0 spiro atoms. The number of alkyl halides is 3. The van der Waals surface area contributed by atoms with Crippen LogP contribution in [0.15, 0.2) is 12.1 Å². The minimum Gasteiger partial charge on any atom is -0.493 e. The predicted octanol–water partition coefficient (Wildman–Crippen LogP) is 2.95. The van der Waals surface area contributed by atoms with Crippen LogP contribution in [0.4, 0.5) is 13.2 Å². The lowest BCUT2D eigenvalue weighted by Crippen LogP contribution is -2.41. The zero-order valence-corrected chi connectivity index (χ0v) is 14.4. The number of halogens is 3. The molecule has 6 nitrogen and oxygen atoms in total. The van der Waals surface area contributed by atoms with Gasteiger partial charge in [-0.3, -0.25) is 9.59 Å². The molecule has 1 atom stereocenters. The largest absolute Gasteiger partial charge is 0.493 e. The molecular weight excluding hydrogens is 355 g/mol. The number of aliphatic carboxylic acids is 1. The van der Waals surface area contributed by atoms with Crippen LogP contribution in [0, 0.1) is 0 Å². The van der Waals surface area contributed by atoms with Gasteiger partial charge >= 0.3 is 12.1 Å². The molecular formula is C17H20F3NO5. The molecule has 1 heterocycles. The number of hydrogen-bond acceptors (Lipinski definition) is 4. The third kappa shape index (κ3) is 4.59. The van der Waals surface area contributed by atoms with Gasteiger partial charge in [0.25, 0.3) is 0 Å². The third-order valence-electron chi connectivity index (χ3n) is 4.31. The molecule has 1 unspecified atom stereocenters. The van der Waals surface area contributed by atoms with E-state index in [9.17, 15) is 27.9 Å². The summed E-state index contributed by atoms with van der Waals surface area (Å²) in [7, 11) is 2.89. The molecule has 144 valence electrons. The summed E-state index contributed by atoms with van der Waals surface area (Å²) in [5.74, 6) is -1.02. The highest BCUT2D eigenvalue weighted by Crippen LogP contribution is 2.40. The molecule has 2 rings (SSSR count). The fraction of sp³-hybridized carbons (Fsp3) is 0.529. The number of amides is 1. The predicted molar refractivity (Wildman–Crippen MR) is 85.2 cm³/mol. The van der Waals surface area contributed by atoms with E-state index in [4.69, 9.17) is 9.47 Å². The number of hydrogen-bond donors (Lipinski definition) is 1. The van der Waals surface area contributed by atoms with Gasteiger partial charge in [0.1, 0.15) is 0 Å². The van der Waals surface area contributed by atoms with Crippen LogP contribution in [0.3, 0.4) is 0 Å². The summed E-state index contributed by atoms with van der Waals surface area (Å²) in [6.07, 6.45) is -6.39. The Bertz CT molecular complexity index is 690. The van der Waals surface area contributed by atoms with Crippen molar-refractivity contribution >= 4 is 11.9 Å². The van der Waals surface area contributed by atoms with Gasteiger partial charge in [-0.15, -0.1) is 0 Å². The van der Waals surface area contributed by atoms with E-state index in [1.807, 2.05) is 0 Å². The molecule has 0 aliphatic carbocycles. The van der Waals surface area contributed by atoms with Crippen LogP contribution >= 0.6 is 0 Å². The number of fused-ring (bicyclic) bond motifs is 1. The molecule has 9 heteroatoms. The monoisotopic (exact) mass is 375 g/mol. The quantitative estimate of drug-likeness (QED) is 0.827. The fourth-order valence-corrected chi connectivity index (χ4v) is 3.10. The highest BCUT2D eigenvalue weighted by Gasteiger charge is 2.35. The number of rotatable bonds is 6. The Morgan fingerprint density at radius 3 is 2.38 bits per heavy atom. The second-order valence-corrected chi connectivity index (χ2v) is 5.97. The maximum Gasteiger partial charge on any atom is 0.389 e. The SMILES string of the molecule is COc1cc2c(cc1OC)C(CC(=O)O)N(C(=O)CCC(F)(F)F)CC2. The van der Waals surface area contributed by atoms with Gasteiger partial charge in [0.05, 0.1) is 33.1 Å². The normalized spacial score (nSPS) is 16.8. The first-order chi connectivity index (χ1) is 12.2. The van der Waals surface area contributed by atoms with E-state index in [2.05, 4.69) is 0 Å². The average molecular weight is 375 g/mol. The zero-order valence-electron chi connectivity index (χ0n) is 14.4. The summed E-state index contributed by atoms with van der Waals surface area (Å²) in [4.78, 5) is 24.8. The number of carbonyl (C=O) groups excluding carboxylic acids is 1. The smallest absolute Gasteiger partial charge is 0.389 e. The third-order valence-corrected chi connectivity index (χ3v) is 4.31. The van der Waals surface area contributed by atoms with Gasteiger partial charge in [0, 0.05) is 13.0 Å². The van der Waals surface area contributed by atoms with Crippen LogP contribution in [0.25, 0.3) is 0 Å². The molecule has 0 bridgehead atoms. The summed E-state index contributed by atoms with van der Waals surface area (Å²) < 4.78 is 47.7. The van der Waals surface area contributed by atoms with Gasteiger partial charge in [-0.2, -0.15) is 13.2 Å². The van der Waals surface area contributed by atoms with Crippen LogP contribution in [0.5, 0.6) is 11.5 Å². The molecule has 0 saturated heterocycles. The van der Waals surface area contributed by atoms with Gasteiger partial charge in [-0.05, 0) is 29.7 Å². The van der Waals surface area contributed by atoms with Gasteiger partial charge in [0.15, 0.2) is 11.5 Å². The van der Waals surface area contributed by atoms with Crippen LogP contribution in [0.2, 0.25) is 0 Å². The zero-order chi connectivity index (χ0) is 19.5. The van der Waals surface area contributed by atoms with Crippen molar-refractivity contribution in [2.45, 2.75) is 37.9 Å². The number of benzene rings is 1. The van der Waals surface area contributed by atoms with Gasteiger partial charge < -0.3 is 19.5 Å². The second kappa shape index (κ2) is 7.84. The molecule has 1 N–H and O–H groups in total. The first kappa shape index (κ1) is 19.9. The molecule has 0 radical (unpaired) electrons. The average Bonchev–Trinajstić information content (AvgIpc) is 2.57. The number of carboxylic acid groups (broad SMARTS) is 1. The summed E-state index contributed by atoms with van der Waals surface area (Å²) in [6.45, 7) is 0.150. The summed E-state index contributed by atoms with van der Waals surface area (Å²) in [5, 5.41) is 9.20. The van der Waals surface area contributed by atoms with E-state index < -0.39 is 43.4 Å².